The van der Waals surface area contributed by atoms with Crippen LogP contribution in [0, 0.1) is 0 Å². The van der Waals surface area contributed by atoms with E-state index in [9.17, 15) is 40.2 Å². The summed E-state index contributed by atoms with van der Waals surface area (Å²) in [5, 5.41) is 60.4. The molecule has 3 aromatic rings. The number of phenolic OH excluding ortho intramolecular Hbond substituents is 4. The van der Waals surface area contributed by atoms with Gasteiger partial charge in [0.15, 0.2) is 6.10 Å². The lowest BCUT2D eigenvalue weighted by atomic mass is 10.00. The SMILES string of the molecule is O=C(OC1C(Oc2cc(O)cc(O)c2C(=O)c2cc(O)cc(O)c2)OCC(O)C1O)c1ccccc1. The molecule has 1 fully saturated rings. The van der Waals surface area contributed by atoms with Gasteiger partial charge in [-0.1, -0.05) is 18.2 Å². The first-order valence-electron chi connectivity index (χ1n) is 10.7. The number of esters is 1. The van der Waals surface area contributed by atoms with Crippen LogP contribution in [-0.2, 0) is 9.47 Å². The summed E-state index contributed by atoms with van der Waals surface area (Å²) in [7, 11) is 0. The first-order chi connectivity index (χ1) is 17.1. The summed E-state index contributed by atoms with van der Waals surface area (Å²) in [4.78, 5) is 25.7. The van der Waals surface area contributed by atoms with Crippen LogP contribution in [0.25, 0.3) is 0 Å². The van der Waals surface area contributed by atoms with Crippen LogP contribution in [0.15, 0.2) is 60.7 Å². The Bertz CT molecular complexity index is 1250. The number of phenols is 4. The Morgan fingerprint density at radius 1 is 0.833 bits per heavy atom. The first kappa shape index (κ1) is 24.8. The Labute approximate surface area is 204 Å². The van der Waals surface area contributed by atoms with E-state index in [2.05, 4.69) is 0 Å². The number of hydrogen-bond donors (Lipinski definition) is 6. The Balaban J connectivity index is 1.68. The van der Waals surface area contributed by atoms with Gasteiger partial charge in [-0.25, -0.2) is 4.79 Å². The Hall–Kier alpha value is -4.32. The fourth-order valence-corrected chi connectivity index (χ4v) is 3.66. The molecule has 36 heavy (non-hydrogen) atoms. The van der Waals surface area contributed by atoms with E-state index in [0.717, 1.165) is 30.3 Å². The van der Waals surface area contributed by atoms with Crippen molar-refractivity contribution in [2.45, 2.75) is 24.6 Å². The molecule has 3 aromatic carbocycles. The number of hydrogen-bond acceptors (Lipinski definition) is 11. The summed E-state index contributed by atoms with van der Waals surface area (Å²) < 4.78 is 16.4. The average molecular weight is 498 g/mol. The van der Waals surface area contributed by atoms with E-state index >= 15 is 0 Å². The van der Waals surface area contributed by atoms with E-state index < -0.39 is 77.3 Å². The minimum absolute atomic E-state index is 0.151. The predicted octanol–water partition coefficient (Wildman–Crippen LogP) is 1.42. The number of aliphatic hydroxyl groups excluding tert-OH is 2. The molecule has 6 N–H and O–H groups in total. The zero-order chi connectivity index (χ0) is 26.0. The van der Waals surface area contributed by atoms with Gasteiger partial charge >= 0.3 is 5.97 Å². The Kier molecular flexibility index (Phi) is 6.97. The Morgan fingerprint density at radius 2 is 1.47 bits per heavy atom. The van der Waals surface area contributed by atoms with Crippen molar-refractivity contribution in [3.63, 3.8) is 0 Å². The number of carbonyl (C=O) groups excluding carboxylic acids is 2. The molecule has 1 saturated heterocycles. The summed E-state index contributed by atoms with van der Waals surface area (Å²) in [6.45, 7) is -0.417. The maximum atomic E-state index is 13.1. The first-order valence-corrected chi connectivity index (χ1v) is 10.7. The number of aliphatic hydroxyl groups is 2. The third kappa shape index (κ3) is 5.18. The van der Waals surface area contributed by atoms with Crippen LogP contribution < -0.4 is 4.74 Å². The fourth-order valence-electron chi connectivity index (χ4n) is 3.66. The van der Waals surface area contributed by atoms with Gasteiger partial charge in [-0.05, 0) is 24.3 Å². The van der Waals surface area contributed by atoms with Crippen molar-refractivity contribution in [1.29, 1.82) is 0 Å². The van der Waals surface area contributed by atoms with E-state index in [1.165, 1.54) is 12.1 Å². The second-order valence-corrected chi connectivity index (χ2v) is 8.02. The Morgan fingerprint density at radius 3 is 2.14 bits per heavy atom. The summed E-state index contributed by atoms with van der Waals surface area (Å²) in [6, 6.07) is 12.8. The molecule has 4 rings (SSSR count). The predicted molar refractivity (Wildman–Crippen MR) is 121 cm³/mol. The quantitative estimate of drug-likeness (QED) is 0.213. The molecule has 1 aliphatic heterocycles. The van der Waals surface area contributed by atoms with Crippen LogP contribution in [0.4, 0.5) is 0 Å². The zero-order valence-electron chi connectivity index (χ0n) is 18.5. The minimum Gasteiger partial charge on any atom is -0.508 e. The van der Waals surface area contributed by atoms with Crippen LogP contribution in [-0.4, -0.2) is 73.6 Å². The molecule has 11 heteroatoms. The van der Waals surface area contributed by atoms with Gasteiger partial charge in [0.2, 0.25) is 12.1 Å². The van der Waals surface area contributed by atoms with Gasteiger partial charge in [-0.2, -0.15) is 0 Å². The lowest BCUT2D eigenvalue weighted by Crippen LogP contribution is -2.56. The molecule has 1 heterocycles. The van der Waals surface area contributed by atoms with E-state index in [1.807, 2.05) is 0 Å². The summed E-state index contributed by atoms with van der Waals surface area (Å²) in [5.41, 5.74) is -0.543. The molecule has 0 bridgehead atoms. The number of carbonyl (C=O) groups is 2. The second kappa shape index (κ2) is 10.1. The van der Waals surface area contributed by atoms with Gasteiger partial charge in [0.05, 0.1) is 12.2 Å². The molecule has 188 valence electrons. The molecule has 0 radical (unpaired) electrons. The van der Waals surface area contributed by atoms with Crippen LogP contribution in [0.1, 0.15) is 26.3 Å². The van der Waals surface area contributed by atoms with Gasteiger partial charge in [-0.15, -0.1) is 0 Å². The molecule has 11 nitrogen and oxygen atoms in total. The van der Waals surface area contributed by atoms with Gasteiger partial charge in [0.1, 0.15) is 46.5 Å². The van der Waals surface area contributed by atoms with Crippen molar-refractivity contribution < 1.29 is 54.4 Å². The van der Waals surface area contributed by atoms with E-state index in [4.69, 9.17) is 14.2 Å². The summed E-state index contributed by atoms with van der Waals surface area (Å²) >= 11 is 0. The maximum Gasteiger partial charge on any atom is 0.338 e. The molecule has 0 aromatic heterocycles. The molecule has 0 spiro atoms. The second-order valence-electron chi connectivity index (χ2n) is 8.02. The minimum atomic E-state index is -1.63. The number of aromatic hydroxyl groups is 4. The number of benzene rings is 3. The summed E-state index contributed by atoms with van der Waals surface area (Å²) in [5.74, 6) is -4.20. The molecule has 0 aliphatic carbocycles. The molecule has 0 saturated carbocycles. The van der Waals surface area contributed by atoms with Crippen molar-refractivity contribution in [3.8, 4) is 28.7 Å². The van der Waals surface area contributed by atoms with Crippen LogP contribution in [0.5, 0.6) is 28.7 Å². The lowest BCUT2D eigenvalue weighted by Gasteiger charge is -2.37. The van der Waals surface area contributed by atoms with Crippen molar-refractivity contribution in [2.75, 3.05) is 6.61 Å². The highest BCUT2D eigenvalue weighted by Crippen LogP contribution is 2.37. The average Bonchev–Trinajstić information content (AvgIpc) is 2.83. The van der Waals surface area contributed by atoms with Crippen molar-refractivity contribution in [3.05, 3.63) is 77.4 Å². The molecule has 4 unspecified atom stereocenters. The van der Waals surface area contributed by atoms with Gasteiger partial charge in [0, 0.05) is 23.8 Å². The largest absolute Gasteiger partial charge is 0.508 e. The molecule has 0 amide bonds. The number of ether oxygens (including phenoxy) is 3. The smallest absolute Gasteiger partial charge is 0.338 e. The molecule has 4 atom stereocenters. The van der Waals surface area contributed by atoms with Crippen LogP contribution in [0.2, 0.25) is 0 Å². The van der Waals surface area contributed by atoms with Crippen molar-refractivity contribution in [1.82, 2.24) is 0 Å². The highest BCUT2D eigenvalue weighted by atomic mass is 16.7. The number of rotatable bonds is 6. The zero-order valence-corrected chi connectivity index (χ0v) is 18.5. The lowest BCUT2D eigenvalue weighted by molar-refractivity contribution is -0.241. The van der Waals surface area contributed by atoms with Crippen molar-refractivity contribution in [2.24, 2.45) is 0 Å². The number of ketones is 1. The third-order valence-corrected chi connectivity index (χ3v) is 5.38. The van der Waals surface area contributed by atoms with Crippen LogP contribution in [0.3, 0.4) is 0 Å². The topological polar surface area (TPSA) is 183 Å². The van der Waals surface area contributed by atoms with E-state index in [-0.39, 0.29) is 11.1 Å². The molecule has 1 aliphatic rings. The fraction of sp³-hybridized carbons (Fsp3) is 0.200. The monoisotopic (exact) mass is 498 g/mol. The maximum absolute atomic E-state index is 13.1. The highest BCUT2D eigenvalue weighted by molar-refractivity contribution is 6.13. The van der Waals surface area contributed by atoms with Crippen LogP contribution >= 0.6 is 0 Å². The standard InChI is InChI=1S/C25H22O11/c26-14-6-13(7-15(27)8-14)21(31)20-17(29)9-16(28)10-19(20)35-25-23(22(32)18(30)11-34-25)36-24(33)12-4-2-1-3-5-12/h1-10,18,22-23,25-30,32H,11H2. The van der Waals surface area contributed by atoms with Gasteiger partial charge in [-0.3, -0.25) is 4.79 Å². The summed E-state index contributed by atoms with van der Waals surface area (Å²) in [6.07, 6.45) is -6.20. The highest BCUT2D eigenvalue weighted by Gasteiger charge is 2.44. The molecular formula is C25H22O11. The van der Waals surface area contributed by atoms with Gasteiger partial charge in [0.25, 0.3) is 0 Å². The van der Waals surface area contributed by atoms with E-state index in [1.54, 1.807) is 18.2 Å². The van der Waals surface area contributed by atoms with Gasteiger partial charge < -0.3 is 44.8 Å². The van der Waals surface area contributed by atoms with E-state index in [0.29, 0.717) is 0 Å². The third-order valence-electron chi connectivity index (χ3n) is 5.38. The normalized spacial score (nSPS) is 21.5. The molecular weight excluding hydrogens is 476 g/mol. The van der Waals surface area contributed by atoms with Crippen molar-refractivity contribution >= 4 is 11.8 Å².